The first-order chi connectivity index (χ1) is 13.1. The van der Waals surface area contributed by atoms with Crippen molar-refractivity contribution in [3.8, 4) is 0 Å². The summed E-state index contributed by atoms with van der Waals surface area (Å²) in [6.45, 7) is 4.64. The lowest BCUT2D eigenvalue weighted by molar-refractivity contribution is -0.203. The van der Waals surface area contributed by atoms with Crippen LogP contribution in [-0.2, 0) is 11.5 Å². The Bertz CT molecular complexity index is 807. The SMILES string of the molecule is CC.Cc1ccc(C(F)(F)[C@@](O)(CN(N)/C=N\N)c2ccc(F)cc2F)nc1.[HH]. The molecule has 1 heterocycles. The number of hydrazine groups is 1. The van der Waals surface area contributed by atoms with E-state index >= 15 is 8.78 Å². The predicted molar refractivity (Wildman–Crippen MR) is 100 cm³/mol. The Hall–Kier alpha value is -2.72. The highest BCUT2D eigenvalue weighted by atomic mass is 19.3. The Morgan fingerprint density at radius 3 is 2.39 bits per heavy atom. The van der Waals surface area contributed by atoms with Gasteiger partial charge in [0.05, 0.1) is 6.54 Å². The summed E-state index contributed by atoms with van der Waals surface area (Å²) in [7, 11) is 0. The molecular formula is C18H25F4N5O. The minimum Gasteiger partial charge on any atom is -0.377 e. The monoisotopic (exact) mass is 403 g/mol. The second kappa shape index (κ2) is 9.47. The van der Waals surface area contributed by atoms with E-state index in [4.69, 9.17) is 11.7 Å². The number of rotatable bonds is 6. The Labute approximate surface area is 161 Å². The molecule has 2 rings (SSSR count). The van der Waals surface area contributed by atoms with Gasteiger partial charge in [0.1, 0.15) is 23.7 Å². The summed E-state index contributed by atoms with van der Waals surface area (Å²) < 4.78 is 57.8. The molecule has 28 heavy (non-hydrogen) atoms. The van der Waals surface area contributed by atoms with Crippen molar-refractivity contribution in [1.29, 1.82) is 0 Å². The first-order valence-corrected chi connectivity index (χ1v) is 8.35. The number of hydrogen-bond donors (Lipinski definition) is 3. The van der Waals surface area contributed by atoms with Gasteiger partial charge in [0.2, 0.25) is 0 Å². The van der Waals surface area contributed by atoms with Crippen molar-refractivity contribution in [1.82, 2.24) is 9.99 Å². The maximum absolute atomic E-state index is 15.2. The molecular weight excluding hydrogens is 378 g/mol. The average Bonchev–Trinajstić information content (AvgIpc) is 2.63. The van der Waals surface area contributed by atoms with E-state index in [1.807, 2.05) is 13.8 Å². The molecule has 1 aromatic carbocycles. The van der Waals surface area contributed by atoms with E-state index in [1.165, 1.54) is 12.3 Å². The third-order valence-electron chi connectivity index (χ3n) is 3.76. The number of nitrogens with two attached hydrogens (primary N) is 2. The first-order valence-electron chi connectivity index (χ1n) is 8.35. The Morgan fingerprint density at radius 1 is 1.25 bits per heavy atom. The van der Waals surface area contributed by atoms with E-state index in [1.54, 1.807) is 6.92 Å². The molecule has 1 aromatic heterocycles. The zero-order valence-corrected chi connectivity index (χ0v) is 15.7. The molecule has 0 radical (unpaired) electrons. The van der Waals surface area contributed by atoms with Crippen LogP contribution in [0.15, 0.2) is 41.6 Å². The Morgan fingerprint density at radius 2 is 1.89 bits per heavy atom. The molecule has 0 aliphatic heterocycles. The summed E-state index contributed by atoms with van der Waals surface area (Å²) in [6.07, 6.45) is 1.94. The number of hydrazone groups is 1. The van der Waals surface area contributed by atoms with Crippen LogP contribution in [0.5, 0.6) is 0 Å². The zero-order chi connectivity index (χ0) is 21.5. The molecule has 2 aromatic rings. The normalized spacial score (nSPS) is 13.6. The number of alkyl halides is 2. The molecule has 1 atom stereocenters. The van der Waals surface area contributed by atoms with Gasteiger partial charge >= 0.3 is 5.92 Å². The van der Waals surface area contributed by atoms with Crippen LogP contribution < -0.4 is 11.7 Å². The van der Waals surface area contributed by atoms with E-state index in [9.17, 15) is 13.9 Å². The van der Waals surface area contributed by atoms with Crippen LogP contribution in [0.1, 0.15) is 32.1 Å². The summed E-state index contributed by atoms with van der Waals surface area (Å²) in [5, 5.41) is 14.5. The minimum atomic E-state index is -4.08. The number of nitrogens with zero attached hydrogens (tertiary/aromatic N) is 3. The molecule has 0 amide bonds. The molecule has 156 valence electrons. The first kappa shape index (κ1) is 23.3. The minimum absolute atomic E-state index is 0. The van der Waals surface area contributed by atoms with Gasteiger partial charge < -0.3 is 10.9 Å². The molecule has 10 heteroatoms. The highest BCUT2D eigenvalue weighted by molar-refractivity contribution is 5.53. The number of aromatic nitrogens is 1. The lowest BCUT2D eigenvalue weighted by Crippen LogP contribution is -2.53. The quantitative estimate of drug-likeness (QED) is 0.226. The van der Waals surface area contributed by atoms with Crippen LogP contribution in [0.2, 0.25) is 0 Å². The lowest BCUT2D eigenvalue weighted by Gasteiger charge is -2.37. The molecule has 0 fully saturated rings. The lowest BCUT2D eigenvalue weighted by atomic mass is 9.84. The number of benzene rings is 1. The van der Waals surface area contributed by atoms with Gasteiger partial charge in [-0.15, -0.1) is 0 Å². The highest BCUT2D eigenvalue weighted by Gasteiger charge is 2.58. The van der Waals surface area contributed by atoms with Crippen molar-refractivity contribution in [3.63, 3.8) is 0 Å². The van der Waals surface area contributed by atoms with E-state index in [0.717, 1.165) is 24.5 Å². The molecule has 0 saturated carbocycles. The van der Waals surface area contributed by atoms with Crippen molar-refractivity contribution in [2.75, 3.05) is 6.54 Å². The largest absolute Gasteiger partial charge is 0.377 e. The van der Waals surface area contributed by atoms with Crippen molar-refractivity contribution in [2.24, 2.45) is 16.8 Å². The van der Waals surface area contributed by atoms with E-state index < -0.39 is 41.0 Å². The molecule has 0 bridgehead atoms. The maximum atomic E-state index is 15.2. The Kier molecular flexibility index (Phi) is 7.89. The third-order valence-corrected chi connectivity index (χ3v) is 3.76. The zero-order valence-electron chi connectivity index (χ0n) is 15.7. The standard InChI is InChI=1S/C16H17F4N5O.C2H6.H2/c1-10-2-5-14(23-7-10)16(19,20)15(26,8-25(22)9-24-21)12-4-3-11(17)6-13(12)18;1-2;/h2-7,9,26H,8,21-22H2,1H3;1-2H3;1H/b24-9-;;/t15-;;/m1../s1. The second-order valence-electron chi connectivity index (χ2n) is 5.72. The van der Waals surface area contributed by atoms with Crippen LogP contribution in [0.4, 0.5) is 17.6 Å². The number of halogens is 4. The highest BCUT2D eigenvalue weighted by Crippen LogP contribution is 2.45. The van der Waals surface area contributed by atoms with Crippen molar-refractivity contribution in [3.05, 3.63) is 65.0 Å². The van der Waals surface area contributed by atoms with Crippen molar-refractivity contribution < 1.29 is 24.1 Å². The number of pyridine rings is 1. The number of aryl methyl sites for hydroxylation is 1. The molecule has 0 saturated heterocycles. The van der Waals surface area contributed by atoms with Gasteiger partial charge in [0.25, 0.3) is 0 Å². The molecule has 0 spiro atoms. The number of aliphatic hydroxyl groups is 1. The van der Waals surface area contributed by atoms with Gasteiger partial charge in [0.15, 0.2) is 5.60 Å². The Balaban J connectivity index is 0.00000253. The smallest absolute Gasteiger partial charge is 0.323 e. The van der Waals surface area contributed by atoms with Gasteiger partial charge in [-0.05, 0) is 30.7 Å². The van der Waals surface area contributed by atoms with Crippen LogP contribution in [0, 0.1) is 18.6 Å². The van der Waals surface area contributed by atoms with Gasteiger partial charge in [-0.1, -0.05) is 19.9 Å². The number of hydrogen-bond acceptors (Lipinski definition) is 5. The predicted octanol–water partition coefficient (Wildman–Crippen LogP) is 3.00. The second-order valence-corrected chi connectivity index (χ2v) is 5.72. The molecule has 5 N–H and O–H groups in total. The van der Waals surface area contributed by atoms with E-state index in [2.05, 4.69) is 10.1 Å². The van der Waals surface area contributed by atoms with Gasteiger partial charge in [-0.2, -0.15) is 13.9 Å². The summed E-state index contributed by atoms with van der Waals surface area (Å²) >= 11 is 0. The summed E-state index contributed by atoms with van der Waals surface area (Å²) in [5.41, 5.74) is -4.25. The van der Waals surface area contributed by atoms with Crippen LogP contribution >= 0.6 is 0 Å². The van der Waals surface area contributed by atoms with Crippen molar-refractivity contribution in [2.45, 2.75) is 32.3 Å². The maximum Gasteiger partial charge on any atom is 0.323 e. The molecule has 0 aliphatic rings. The fourth-order valence-corrected chi connectivity index (χ4v) is 2.43. The fraction of sp³-hybridized carbons (Fsp3) is 0.333. The van der Waals surface area contributed by atoms with Crippen LogP contribution in [0.3, 0.4) is 0 Å². The summed E-state index contributed by atoms with van der Waals surface area (Å²) in [4.78, 5) is 3.62. The van der Waals surface area contributed by atoms with E-state index in [0.29, 0.717) is 16.6 Å². The van der Waals surface area contributed by atoms with Gasteiger partial charge in [0, 0.05) is 19.3 Å². The summed E-state index contributed by atoms with van der Waals surface area (Å²) in [6, 6.07) is 4.22. The van der Waals surface area contributed by atoms with Crippen LogP contribution in [-0.4, -0.2) is 28.0 Å². The van der Waals surface area contributed by atoms with Crippen molar-refractivity contribution >= 4 is 6.34 Å². The molecule has 6 nitrogen and oxygen atoms in total. The van der Waals surface area contributed by atoms with E-state index in [-0.39, 0.29) is 1.43 Å². The van der Waals surface area contributed by atoms with Gasteiger partial charge in [-0.3, -0.25) is 9.99 Å². The topological polar surface area (TPSA) is 101 Å². The fourth-order valence-electron chi connectivity index (χ4n) is 2.43. The molecule has 0 aliphatic carbocycles. The van der Waals surface area contributed by atoms with Gasteiger partial charge in [-0.25, -0.2) is 14.6 Å². The molecule has 0 unspecified atom stereocenters. The summed E-state index contributed by atoms with van der Waals surface area (Å²) in [5.74, 6) is 3.96. The third kappa shape index (κ3) is 4.76. The average molecular weight is 403 g/mol. The van der Waals surface area contributed by atoms with Crippen LogP contribution in [0.25, 0.3) is 0 Å².